The zero-order valence-corrected chi connectivity index (χ0v) is 4.42. The molecule has 1 aliphatic rings. The summed E-state index contributed by atoms with van der Waals surface area (Å²) >= 11 is 0. The van der Waals surface area contributed by atoms with Crippen LogP contribution in [0.25, 0.3) is 0 Å². The van der Waals surface area contributed by atoms with Crippen LogP contribution >= 0.6 is 0 Å². The van der Waals surface area contributed by atoms with Crippen LogP contribution < -0.4 is 0 Å². The van der Waals surface area contributed by atoms with Gasteiger partial charge in [-0.1, -0.05) is 0 Å². The summed E-state index contributed by atoms with van der Waals surface area (Å²) in [4.78, 5) is 10.3. The summed E-state index contributed by atoms with van der Waals surface area (Å²) in [5.74, 6) is -0.433. The summed E-state index contributed by atoms with van der Waals surface area (Å²) < 4.78 is 4.30. The monoisotopic (exact) mass is 114 g/mol. The van der Waals surface area contributed by atoms with E-state index in [1.54, 1.807) is 6.92 Å². The van der Waals surface area contributed by atoms with Crippen molar-refractivity contribution in [1.82, 2.24) is 0 Å². The zero-order valence-electron chi connectivity index (χ0n) is 4.42. The first-order valence-corrected chi connectivity index (χ1v) is 2.27. The maximum atomic E-state index is 10.3. The maximum Gasteiger partial charge on any atom is 0.336 e. The number of esters is 1. The second-order valence-electron chi connectivity index (χ2n) is 1.65. The van der Waals surface area contributed by atoms with Crippen LogP contribution in [0.15, 0.2) is 11.6 Å². The molecule has 1 atom stereocenters. The van der Waals surface area contributed by atoms with E-state index in [0.717, 1.165) is 0 Å². The van der Waals surface area contributed by atoms with Crippen molar-refractivity contribution in [3.63, 3.8) is 0 Å². The summed E-state index contributed by atoms with van der Waals surface area (Å²) in [7, 11) is 0. The number of rotatable bonds is 0. The number of aliphatic hydroxyl groups excluding tert-OH is 1. The number of hydrogen-bond donors (Lipinski definition) is 1. The average molecular weight is 114 g/mol. The molecule has 3 nitrogen and oxygen atoms in total. The van der Waals surface area contributed by atoms with Gasteiger partial charge in [-0.3, -0.25) is 0 Å². The minimum absolute atomic E-state index is 0.433. The van der Waals surface area contributed by atoms with Gasteiger partial charge in [0.1, 0.15) is 0 Å². The summed E-state index contributed by atoms with van der Waals surface area (Å²) in [5, 5.41) is 8.55. The van der Waals surface area contributed by atoms with Gasteiger partial charge in [0.05, 0.1) is 0 Å². The first kappa shape index (κ1) is 5.31. The van der Waals surface area contributed by atoms with E-state index >= 15 is 0 Å². The van der Waals surface area contributed by atoms with Crippen LogP contribution in [-0.2, 0) is 9.53 Å². The summed E-state index contributed by atoms with van der Waals surface area (Å²) in [6.45, 7) is 1.60. The van der Waals surface area contributed by atoms with Gasteiger partial charge in [0.2, 0.25) is 6.29 Å². The Morgan fingerprint density at radius 2 is 2.50 bits per heavy atom. The predicted octanol–water partition coefficient (Wildman–Crippen LogP) is -0.192. The van der Waals surface area contributed by atoms with E-state index in [1.165, 1.54) is 6.08 Å². The second-order valence-corrected chi connectivity index (χ2v) is 1.65. The minimum Gasteiger partial charge on any atom is -0.429 e. The average Bonchev–Trinajstić information content (AvgIpc) is 1.85. The van der Waals surface area contributed by atoms with Crippen molar-refractivity contribution < 1.29 is 14.6 Å². The van der Waals surface area contributed by atoms with E-state index in [-0.39, 0.29) is 0 Å². The van der Waals surface area contributed by atoms with Crippen LogP contribution in [-0.4, -0.2) is 17.4 Å². The maximum absolute atomic E-state index is 10.3. The van der Waals surface area contributed by atoms with E-state index in [0.29, 0.717) is 5.57 Å². The van der Waals surface area contributed by atoms with Crippen LogP contribution in [0, 0.1) is 0 Å². The Kier molecular flexibility index (Phi) is 1.06. The predicted molar refractivity (Wildman–Crippen MR) is 25.9 cm³/mol. The molecular weight excluding hydrogens is 108 g/mol. The first-order valence-electron chi connectivity index (χ1n) is 2.27. The number of hydrogen-bond acceptors (Lipinski definition) is 3. The zero-order chi connectivity index (χ0) is 6.15. The molecule has 0 saturated carbocycles. The third-order valence-electron chi connectivity index (χ3n) is 0.942. The fourth-order valence-corrected chi connectivity index (χ4v) is 0.519. The quantitative estimate of drug-likeness (QED) is 0.444. The highest BCUT2D eigenvalue weighted by Gasteiger charge is 2.18. The van der Waals surface area contributed by atoms with Crippen molar-refractivity contribution in [2.45, 2.75) is 13.2 Å². The van der Waals surface area contributed by atoms with Crippen molar-refractivity contribution in [2.24, 2.45) is 0 Å². The molecule has 1 heterocycles. The normalized spacial score (nSPS) is 27.5. The SMILES string of the molecule is CC1=C[C@@H](O)OC1=O. The third-order valence-corrected chi connectivity index (χ3v) is 0.942. The molecule has 0 radical (unpaired) electrons. The highest BCUT2D eigenvalue weighted by Crippen LogP contribution is 2.09. The van der Waals surface area contributed by atoms with Gasteiger partial charge in [0.15, 0.2) is 0 Å². The van der Waals surface area contributed by atoms with Gasteiger partial charge in [-0.25, -0.2) is 4.79 Å². The standard InChI is InChI=1S/C5H6O3/c1-3-2-4(6)8-5(3)7/h2,4,6H,1H3/t4-/m0/s1. The topological polar surface area (TPSA) is 46.5 Å². The van der Waals surface area contributed by atoms with Crippen LogP contribution in [0.2, 0.25) is 0 Å². The van der Waals surface area contributed by atoms with Crippen molar-refractivity contribution in [3.8, 4) is 0 Å². The van der Waals surface area contributed by atoms with E-state index in [1.807, 2.05) is 0 Å². The van der Waals surface area contributed by atoms with Gasteiger partial charge >= 0.3 is 5.97 Å². The Balaban J connectivity index is 2.73. The Hall–Kier alpha value is -0.830. The fraction of sp³-hybridized carbons (Fsp3) is 0.400. The van der Waals surface area contributed by atoms with E-state index < -0.39 is 12.3 Å². The van der Waals surface area contributed by atoms with Gasteiger partial charge in [-0.05, 0) is 13.0 Å². The van der Waals surface area contributed by atoms with Crippen LogP contribution in [0.3, 0.4) is 0 Å². The molecule has 0 aliphatic carbocycles. The molecule has 0 amide bonds. The first-order chi connectivity index (χ1) is 3.70. The van der Waals surface area contributed by atoms with E-state index in [9.17, 15) is 4.79 Å². The summed E-state index contributed by atoms with van der Waals surface area (Å²) in [5.41, 5.74) is 0.470. The molecule has 0 unspecified atom stereocenters. The molecule has 44 valence electrons. The molecule has 0 bridgehead atoms. The molecular formula is C5H6O3. The van der Waals surface area contributed by atoms with Crippen LogP contribution in [0.5, 0.6) is 0 Å². The number of aliphatic hydroxyl groups is 1. The molecule has 0 saturated heterocycles. The fourth-order valence-electron chi connectivity index (χ4n) is 0.519. The van der Waals surface area contributed by atoms with Gasteiger partial charge in [-0.15, -0.1) is 0 Å². The molecule has 0 aromatic heterocycles. The number of ether oxygens (including phenoxy) is 1. The van der Waals surface area contributed by atoms with E-state index in [2.05, 4.69) is 4.74 Å². The number of carbonyl (C=O) groups is 1. The van der Waals surface area contributed by atoms with Crippen molar-refractivity contribution in [2.75, 3.05) is 0 Å². The van der Waals surface area contributed by atoms with Crippen molar-refractivity contribution in [1.29, 1.82) is 0 Å². The molecule has 0 spiro atoms. The smallest absolute Gasteiger partial charge is 0.336 e. The lowest BCUT2D eigenvalue weighted by Gasteiger charge is -1.95. The number of cyclic esters (lactones) is 1. The Morgan fingerprint density at radius 3 is 2.62 bits per heavy atom. The third kappa shape index (κ3) is 0.721. The van der Waals surface area contributed by atoms with Gasteiger partial charge in [-0.2, -0.15) is 0 Å². The molecule has 8 heavy (non-hydrogen) atoms. The van der Waals surface area contributed by atoms with Crippen LogP contribution in [0.1, 0.15) is 6.92 Å². The van der Waals surface area contributed by atoms with Gasteiger partial charge < -0.3 is 9.84 Å². The minimum atomic E-state index is -1.01. The summed E-state index contributed by atoms with van der Waals surface area (Å²) in [6, 6.07) is 0. The highest BCUT2D eigenvalue weighted by atomic mass is 16.6. The molecule has 1 rings (SSSR count). The Morgan fingerprint density at radius 1 is 1.88 bits per heavy atom. The molecule has 0 aromatic rings. The second kappa shape index (κ2) is 1.59. The Labute approximate surface area is 46.6 Å². The van der Waals surface area contributed by atoms with Crippen LogP contribution in [0.4, 0.5) is 0 Å². The molecule has 0 aromatic carbocycles. The van der Waals surface area contributed by atoms with Crippen molar-refractivity contribution >= 4 is 5.97 Å². The van der Waals surface area contributed by atoms with E-state index in [4.69, 9.17) is 5.11 Å². The molecule has 1 aliphatic heterocycles. The highest BCUT2D eigenvalue weighted by molar-refractivity contribution is 5.89. The number of carbonyl (C=O) groups excluding carboxylic acids is 1. The van der Waals surface area contributed by atoms with Gasteiger partial charge in [0, 0.05) is 5.57 Å². The lowest BCUT2D eigenvalue weighted by molar-refractivity contribution is -0.151. The largest absolute Gasteiger partial charge is 0.429 e. The van der Waals surface area contributed by atoms with Crippen molar-refractivity contribution in [3.05, 3.63) is 11.6 Å². The lowest BCUT2D eigenvalue weighted by atomic mass is 10.3. The molecule has 3 heteroatoms. The Bertz CT molecular complexity index is 148. The molecule has 1 N–H and O–H groups in total. The summed E-state index contributed by atoms with van der Waals surface area (Å²) in [6.07, 6.45) is 0.352. The molecule has 0 fully saturated rings. The lowest BCUT2D eigenvalue weighted by Crippen LogP contribution is -2.05. The van der Waals surface area contributed by atoms with Gasteiger partial charge in [0.25, 0.3) is 0 Å².